The van der Waals surface area contributed by atoms with Crippen LogP contribution < -0.4 is 0 Å². The molecule has 0 spiro atoms. The summed E-state index contributed by atoms with van der Waals surface area (Å²) < 4.78 is 0. The van der Waals surface area contributed by atoms with Gasteiger partial charge in [-0.05, 0) is 33.4 Å². The molecule has 5 heteroatoms. The van der Waals surface area contributed by atoms with Crippen LogP contribution in [0, 0.1) is 0 Å². The van der Waals surface area contributed by atoms with Crippen molar-refractivity contribution >= 4 is 11.9 Å². The van der Waals surface area contributed by atoms with Gasteiger partial charge in [0, 0.05) is 20.5 Å². The van der Waals surface area contributed by atoms with Gasteiger partial charge in [-0.2, -0.15) is 0 Å². The summed E-state index contributed by atoms with van der Waals surface area (Å²) in [5, 5.41) is 9.12. The number of carbonyl (C=O) groups is 2. The molecule has 0 aromatic carbocycles. The Morgan fingerprint density at radius 2 is 1.76 bits per heavy atom. The Morgan fingerprint density at radius 3 is 2.12 bits per heavy atom. The van der Waals surface area contributed by atoms with E-state index in [2.05, 4.69) is 0 Å². The van der Waals surface area contributed by atoms with Crippen LogP contribution in [0.5, 0.6) is 0 Å². The lowest BCUT2D eigenvalue weighted by molar-refractivity contribution is -0.149. The topological polar surface area (TPSA) is 60.9 Å². The SMILES string of the molecule is CCN(CCCC(=O)N(C)C)C(C)(C)C(=O)O. The minimum absolute atomic E-state index is 0.0779. The smallest absolute Gasteiger partial charge is 0.323 e. The molecule has 0 bridgehead atoms. The van der Waals surface area contributed by atoms with Gasteiger partial charge < -0.3 is 10.0 Å². The van der Waals surface area contributed by atoms with Crippen molar-refractivity contribution in [2.24, 2.45) is 0 Å². The van der Waals surface area contributed by atoms with Crippen LogP contribution in [0.2, 0.25) is 0 Å². The molecule has 0 saturated heterocycles. The fourth-order valence-corrected chi connectivity index (χ4v) is 1.61. The molecule has 0 saturated carbocycles. The fourth-order valence-electron chi connectivity index (χ4n) is 1.61. The van der Waals surface area contributed by atoms with Gasteiger partial charge in [-0.3, -0.25) is 14.5 Å². The lowest BCUT2D eigenvalue weighted by Gasteiger charge is -2.34. The summed E-state index contributed by atoms with van der Waals surface area (Å²) >= 11 is 0. The molecule has 0 aliphatic heterocycles. The molecule has 0 radical (unpaired) electrons. The monoisotopic (exact) mass is 244 g/mol. The molecule has 1 amide bonds. The Labute approximate surface area is 103 Å². The molecule has 0 aliphatic carbocycles. The highest BCUT2D eigenvalue weighted by atomic mass is 16.4. The van der Waals surface area contributed by atoms with Crippen LogP contribution in [0.4, 0.5) is 0 Å². The minimum Gasteiger partial charge on any atom is -0.480 e. The summed E-state index contributed by atoms with van der Waals surface area (Å²) in [6.45, 7) is 6.59. The van der Waals surface area contributed by atoms with E-state index in [1.165, 1.54) is 0 Å². The van der Waals surface area contributed by atoms with Gasteiger partial charge in [-0.25, -0.2) is 0 Å². The summed E-state index contributed by atoms with van der Waals surface area (Å²) in [5.41, 5.74) is -0.879. The molecule has 0 aliphatic rings. The van der Waals surface area contributed by atoms with E-state index in [1.807, 2.05) is 11.8 Å². The molecule has 0 aromatic heterocycles. The largest absolute Gasteiger partial charge is 0.480 e. The van der Waals surface area contributed by atoms with Crippen LogP contribution in [0.25, 0.3) is 0 Å². The third-order valence-corrected chi connectivity index (χ3v) is 3.01. The second kappa shape index (κ2) is 6.59. The summed E-state index contributed by atoms with van der Waals surface area (Å²) in [6.07, 6.45) is 1.14. The first-order valence-electron chi connectivity index (χ1n) is 5.92. The Bertz CT molecular complexity index is 275. The van der Waals surface area contributed by atoms with Crippen LogP contribution in [-0.2, 0) is 9.59 Å². The number of aliphatic carboxylic acids is 1. The van der Waals surface area contributed by atoms with E-state index < -0.39 is 11.5 Å². The van der Waals surface area contributed by atoms with Crippen molar-refractivity contribution in [2.75, 3.05) is 27.2 Å². The molecule has 5 nitrogen and oxygen atoms in total. The van der Waals surface area contributed by atoms with Crippen molar-refractivity contribution < 1.29 is 14.7 Å². The maximum Gasteiger partial charge on any atom is 0.323 e. The molecule has 1 N–H and O–H groups in total. The highest BCUT2D eigenvalue weighted by molar-refractivity contribution is 5.77. The van der Waals surface area contributed by atoms with E-state index in [4.69, 9.17) is 5.11 Å². The first kappa shape index (κ1) is 15.9. The Kier molecular flexibility index (Phi) is 6.16. The molecule has 0 atom stereocenters. The maximum absolute atomic E-state index is 11.4. The van der Waals surface area contributed by atoms with Crippen LogP contribution >= 0.6 is 0 Å². The normalized spacial score (nSPS) is 11.6. The highest BCUT2D eigenvalue weighted by Crippen LogP contribution is 2.15. The maximum atomic E-state index is 11.4. The van der Waals surface area contributed by atoms with Crippen LogP contribution in [0.1, 0.15) is 33.6 Å². The summed E-state index contributed by atoms with van der Waals surface area (Å²) in [5.74, 6) is -0.757. The average Bonchev–Trinajstić information content (AvgIpc) is 2.23. The molecule has 0 heterocycles. The number of amides is 1. The molecular formula is C12H24N2O3. The van der Waals surface area contributed by atoms with Crippen molar-refractivity contribution in [3.63, 3.8) is 0 Å². The van der Waals surface area contributed by atoms with E-state index in [9.17, 15) is 9.59 Å². The van der Waals surface area contributed by atoms with E-state index in [0.29, 0.717) is 25.9 Å². The number of likely N-dealkylation sites (N-methyl/N-ethyl adjacent to an activating group) is 1. The Hall–Kier alpha value is -1.10. The molecule has 100 valence electrons. The highest BCUT2D eigenvalue weighted by Gasteiger charge is 2.33. The number of rotatable bonds is 7. The van der Waals surface area contributed by atoms with E-state index in [0.717, 1.165) is 0 Å². The number of nitrogens with zero attached hydrogens (tertiary/aromatic N) is 2. The molecular weight excluding hydrogens is 220 g/mol. The van der Waals surface area contributed by atoms with Crippen LogP contribution in [0.3, 0.4) is 0 Å². The quantitative estimate of drug-likeness (QED) is 0.727. The number of carbonyl (C=O) groups excluding carboxylic acids is 1. The third kappa shape index (κ3) is 4.73. The van der Waals surface area contributed by atoms with E-state index >= 15 is 0 Å². The second-order valence-corrected chi connectivity index (χ2v) is 4.84. The van der Waals surface area contributed by atoms with Crippen molar-refractivity contribution in [2.45, 2.75) is 39.2 Å². The van der Waals surface area contributed by atoms with Crippen molar-refractivity contribution in [3.8, 4) is 0 Å². The molecule has 17 heavy (non-hydrogen) atoms. The first-order valence-corrected chi connectivity index (χ1v) is 5.92. The van der Waals surface area contributed by atoms with Gasteiger partial charge in [0.15, 0.2) is 0 Å². The lowest BCUT2D eigenvalue weighted by Crippen LogP contribution is -2.50. The standard InChI is InChI=1S/C12H24N2O3/c1-6-14(12(2,3)11(16)17)9-7-8-10(15)13(4)5/h6-9H2,1-5H3,(H,16,17). The Balaban J connectivity index is 4.25. The van der Waals surface area contributed by atoms with Crippen LogP contribution in [-0.4, -0.2) is 59.5 Å². The van der Waals surface area contributed by atoms with Gasteiger partial charge in [0.05, 0.1) is 0 Å². The lowest BCUT2D eigenvalue weighted by atomic mass is 10.0. The number of carboxylic acids is 1. The van der Waals surface area contributed by atoms with Gasteiger partial charge in [-0.1, -0.05) is 6.92 Å². The van der Waals surface area contributed by atoms with Crippen molar-refractivity contribution in [1.29, 1.82) is 0 Å². The summed E-state index contributed by atoms with van der Waals surface area (Å²) in [6, 6.07) is 0. The zero-order valence-electron chi connectivity index (χ0n) is 11.5. The van der Waals surface area contributed by atoms with Gasteiger partial charge in [-0.15, -0.1) is 0 Å². The number of hydrogen-bond acceptors (Lipinski definition) is 3. The van der Waals surface area contributed by atoms with E-state index in [-0.39, 0.29) is 5.91 Å². The van der Waals surface area contributed by atoms with Gasteiger partial charge in [0.25, 0.3) is 0 Å². The molecule has 0 fully saturated rings. The zero-order chi connectivity index (χ0) is 13.6. The number of carboxylic acid groups (broad SMARTS) is 1. The third-order valence-electron chi connectivity index (χ3n) is 3.01. The fraction of sp³-hybridized carbons (Fsp3) is 0.833. The number of hydrogen-bond donors (Lipinski definition) is 1. The molecule has 0 unspecified atom stereocenters. The summed E-state index contributed by atoms with van der Waals surface area (Å²) in [7, 11) is 3.45. The van der Waals surface area contributed by atoms with Crippen molar-refractivity contribution in [3.05, 3.63) is 0 Å². The van der Waals surface area contributed by atoms with Gasteiger partial charge >= 0.3 is 5.97 Å². The zero-order valence-corrected chi connectivity index (χ0v) is 11.5. The van der Waals surface area contributed by atoms with Gasteiger partial charge in [0.1, 0.15) is 5.54 Å². The predicted octanol–water partition coefficient (Wildman–Crippen LogP) is 1.04. The Morgan fingerprint density at radius 1 is 1.24 bits per heavy atom. The molecule has 0 rings (SSSR count). The van der Waals surface area contributed by atoms with Gasteiger partial charge in [0.2, 0.25) is 5.91 Å². The summed E-state index contributed by atoms with van der Waals surface area (Å²) in [4.78, 5) is 25.9. The predicted molar refractivity (Wildman–Crippen MR) is 66.9 cm³/mol. The van der Waals surface area contributed by atoms with Crippen LogP contribution in [0.15, 0.2) is 0 Å². The van der Waals surface area contributed by atoms with Crippen molar-refractivity contribution in [1.82, 2.24) is 9.80 Å². The molecule has 0 aromatic rings. The second-order valence-electron chi connectivity index (χ2n) is 4.84. The average molecular weight is 244 g/mol. The minimum atomic E-state index is -0.879. The van der Waals surface area contributed by atoms with E-state index in [1.54, 1.807) is 32.8 Å². The first-order chi connectivity index (χ1) is 7.73.